The monoisotopic (exact) mass is 353 g/mol. The molecule has 0 saturated carbocycles. The summed E-state index contributed by atoms with van der Waals surface area (Å²) in [7, 11) is 0. The molecule has 0 radical (unpaired) electrons. The maximum atomic E-state index is 10.2. The Hall–Kier alpha value is -2.18. The number of aliphatic hydroxyl groups is 1. The van der Waals surface area contributed by atoms with Gasteiger partial charge in [-0.2, -0.15) is 0 Å². The number of aromatic hydroxyl groups is 1. The predicted molar refractivity (Wildman–Crippen MR) is 97.0 cm³/mol. The van der Waals surface area contributed by atoms with Crippen molar-refractivity contribution in [2.24, 2.45) is 11.8 Å². The van der Waals surface area contributed by atoms with Crippen LogP contribution in [-0.2, 0) is 4.74 Å². The number of aryl methyl sites for hydroxylation is 1. The van der Waals surface area contributed by atoms with Gasteiger partial charge in [0.15, 0.2) is 5.82 Å². The lowest BCUT2D eigenvalue weighted by molar-refractivity contribution is 0.0128. The van der Waals surface area contributed by atoms with Crippen LogP contribution in [0.4, 0.5) is 5.82 Å². The highest BCUT2D eigenvalue weighted by molar-refractivity contribution is 5.65. The third-order valence-corrected chi connectivity index (χ3v) is 6.30. The summed E-state index contributed by atoms with van der Waals surface area (Å²) in [6, 6.07) is 9.13. The van der Waals surface area contributed by atoms with Crippen LogP contribution in [0.5, 0.6) is 5.75 Å². The van der Waals surface area contributed by atoms with Gasteiger partial charge in [0.1, 0.15) is 11.6 Å². The van der Waals surface area contributed by atoms with Crippen molar-refractivity contribution < 1.29 is 14.9 Å². The normalized spacial score (nSPS) is 32.2. The van der Waals surface area contributed by atoms with Crippen LogP contribution < -0.4 is 4.90 Å². The molecule has 1 spiro atoms. The fourth-order valence-electron chi connectivity index (χ4n) is 5.11. The summed E-state index contributed by atoms with van der Waals surface area (Å²) in [4.78, 5) is 11.5. The van der Waals surface area contributed by atoms with E-state index in [0.29, 0.717) is 17.3 Å². The van der Waals surface area contributed by atoms with Crippen molar-refractivity contribution in [3.63, 3.8) is 0 Å². The fourth-order valence-corrected chi connectivity index (χ4v) is 5.11. The summed E-state index contributed by atoms with van der Waals surface area (Å²) in [5, 5.41) is 20.0. The molecule has 4 atom stereocenters. The van der Waals surface area contributed by atoms with Gasteiger partial charge in [0.05, 0.1) is 17.3 Å². The minimum atomic E-state index is -0.133. The number of aromatic nitrogens is 2. The van der Waals surface area contributed by atoms with Crippen molar-refractivity contribution in [1.82, 2.24) is 9.97 Å². The summed E-state index contributed by atoms with van der Waals surface area (Å²) in [5.41, 5.74) is 1.37. The van der Waals surface area contributed by atoms with Gasteiger partial charge in [-0.15, -0.1) is 0 Å². The maximum Gasteiger partial charge on any atom is 0.165 e. The molecule has 5 rings (SSSR count). The highest BCUT2D eigenvalue weighted by Gasteiger charge is 2.62. The van der Waals surface area contributed by atoms with Gasteiger partial charge in [-0.05, 0) is 31.9 Å². The molecule has 0 aliphatic carbocycles. The van der Waals surface area contributed by atoms with Gasteiger partial charge in [-0.25, -0.2) is 9.97 Å². The Bertz CT molecular complexity index is 858. The molecule has 3 saturated heterocycles. The number of fused-ring (bicyclic) bond motifs is 1. The van der Waals surface area contributed by atoms with Crippen LogP contribution in [0.1, 0.15) is 18.5 Å². The van der Waals surface area contributed by atoms with Gasteiger partial charge in [-0.1, -0.05) is 12.1 Å². The van der Waals surface area contributed by atoms with Crippen LogP contribution >= 0.6 is 0 Å². The molecule has 6 nitrogen and oxygen atoms in total. The molecule has 2 aromatic rings. The van der Waals surface area contributed by atoms with Gasteiger partial charge in [0.2, 0.25) is 0 Å². The molecular formula is C20H23N3O3. The lowest BCUT2D eigenvalue weighted by Crippen LogP contribution is -2.37. The highest BCUT2D eigenvalue weighted by Crippen LogP contribution is 2.55. The number of benzene rings is 1. The van der Waals surface area contributed by atoms with Gasteiger partial charge >= 0.3 is 0 Å². The molecule has 26 heavy (non-hydrogen) atoms. The van der Waals surface area contributed by atoms with Crippen molar-refractivity contribution in [1.29, 1.82) is 0 Å². The van der Waals surface area contributed by atoms with E-state index >= 15 is 0 Å². The first kappa shape index (κ1) is 16.0. The number of phenolic OH excluding ortho intramolecular Hbond substituents is 1. The van der Waals surface area contributed by atoms with E-state index in [2.05, 4.69) is 9.88 Å². The molecule has 2 bridgehead atoms. The third kappa shape index (κ3) is 2.25. The van der Waals surface area contributed by atoms with E-state index in [-0.39, 0.29) is 30.0 Å². The van der Waals surface area contributed by atoms with E-state index < -0.39 is 0 Å². The van der Waals surface area contributed by atoms with Crippen LogP contribution in [0.2, 0.25) is 0 Å². The second kappa shape index (κ2) is 5.66. The van der Waals surface area contributed by atoms with E-state index in [1.165, 1.54) is 0 Å². The molecular weight excluding hydrogens is 330 g/mol. The Morgan fingerprint density at radius 3 is 2.96 bits per heavy atom. The van der Waals surface area contributed by atoms with E-state index in [0.717, 1.165) is 37.4 Å². The van der Waals surface area contributed by atoms with E-state index in [1.807, 2.05) is 25.1 Å². The number of hydrogen-bond donors (Lipinski definition) is 2. The van der Waals surface area contributed by atoms with Crippen molar-refractivity contribution in [3.8, 4) is 17.1 Å². The molecule has 3 fully saturated rings. The molecule has 3 aliphatic rings. The van der Waals surface area contributed by atoms with Gasteiger partial charge in [0.25, 0.3) is 0 Å². The molecule has 1 aromatic heterocycles. The van der Waals surface area contributed by atoms with Crippen molar-refractivity contribution >= 4 is 5.82 Å². The van der Waals surface area contributed by atoms with Crippen LogP contribution in [0.25, 0.3) is 11.4 Å². The minimum absolute atomic E-state index is 0.133. The SMILES string of the molecule is Cc1cc(N2C[C@@H]3[C@H](CO)[C@H]4CC[C@]3(C2)O4)nc(-c2ccccc2O)n1. The molecule has 0 amide bonds. The van der Waals surface area contributed by atoms with Gasteiger partial charge < -0.3 is 19.8 Å². The Morgan fingerprint density at radius 1 is 1.31 bits per heavy atom. The van der Waals surface area contributed by atoms with Gasteiger partial charge in [0, 0.05) is 43.3 Å². The number of hydrogen-bond acceptors (Lipinski definition) is 6. The second-order valence-electron chi connectivity index (χ2n) is 7.80. The van der Waals surface area contributed by atoms with Crippen molar-refractivity contribution in [3.05, 3.63) is 36.0 Å². The maximum absolute atomic E-state index is 10.2. The zero-order valence-electron chi connectivity index (χ0n) is 14.8. The quantitative estimate of drug-likeness (QED) is 0.880. The highest BCUT2D eigenvalue weighted by atomic mass is 16.5. The Labute approximate surface area is 152 Å². The lowest BCUT2D eigenvalue weighted by Gasteiger charge is -2.27. The Balaban J connectivity index is 1.49. The first-order valence-electron chi connectivity index (χ1n) is 9.27. The topological polar surface area (TPSA) is 78.7 Å². The Kier molecular flexibility index (Phi) is 3.49. The zero-order valence-corrected chi connectivity index (χ0v) is 14.8. The minimum Gasteiger partial charge on any atom is -0.507 e. The smallest absolute Gasteiger partial charge is 0.165 e. The van der Waals surface area contributed by atoms with Crippen LogP contribution in [-0.4, -0.2) is 51.6 Å². The number of anilines is 1. The molecule has 4 heterocycles. The average Bonchev–Trinajstić information content (AvgIpc) is 3.29. The van der Waals surface area contributed by atoms with Crippen molar-refractivity contribution in [2.75, 3.05) is 24.6 Å². The Morgan fingerprint density at radius 2 is 2.15 bits per heavy atom. The number of aliphatic hydroxyl groups excluding tert-OH is 1. The number of phenols is 1. The molecule has 136 valence electrons. The number of nitrogens with zero attached hydrogens (tertiary/aromatic N) is 3. The second-order valence-corrected chi connectivity index (χ2v) is 7.80. The molecule has 3 aliphatic heterocycles. The first-order valence-corrected chi connectivity index (χ1v) is 9.27. The van der Waals surface area contributed by atoms with Crippen LogP contribution in [0.3, 0.4) is 0 Å². The zero-order chi connectivity index (χ0) is 17.9. The van der Waals surface area contributed by atoms with E-state index in [4.69, 9.17) is 9.72 Å². The number of para-hydroxylation sites is 1. The standard InChI is InChI=1S/C20H23N3O3/c1-12-8-18(22-19(21-12)13-4-2-3-5-16(13)25)23-9-15-14(10-24)17-6-7-20(15,11-23)26-17/h2-5,8,14-15,17,24-25H,6-7,9-11H2,1H3/t14-,15+,17+,20+/m0/s1. The largest absolute Gasteiger partial charge is 0.507 e. The van der Waals surface area contributed by atoms with E-state index in [1.54, 1.807) is 12.1 Å². The predicted octanol–water partition coefficient (Wildman–Crippen LogP) is 2.13. The van der Waals surface area contributed by atoms with Crippen LogP contribution in [0.15, 0.2) is 30.3 Å². The third-order valence-electron chi connectivity index (χ3n) is 6.30. The van der Waals surface area contributed by atoms with E-state index in [9.17, 15) is 10.2 Å². The number of ether oxygens (including phenoxy) is 1. The fraction of sp³-hybridized carbons (Fsp3) is 0.500. The molecule has 6 heteroatoms. The summed E-state index contributed by atoms with van der Waals surface area (Å²) < 4.78 is 6.32. The summed E-state index contributed by atoms with van der Waals surface area (Å²) in [6.07, 6.45) is 2.32. The lowest BCUT2D eigenvalue weighted by atomic mass is 9.74. The molecule has 1 aromatic carbocycles. The molecule has 0 unspecified atom stereocenters. The number of rotatable bonds is 3. The summed E-state index contributed by atoms with van der Waals surface area (Å²) >= 11 is 0. The summed E-state index contributed by atoms with van der Waals surface area (Å²) in [5.74, 6) is 2.17. The van der Waals surface area contributed by atoms with Crippen LogP contribution in [0, 0.1) is 18.8 Å². The first-order chi connectivity index (χ1) is 12.6. The molecule has 2 N–H and O–H groups in total. The van der Waals surface area contributed by atoms with Crippen molar-refractivity contribution in [2.45, 2.75) is 31.5 Å². The van der Waals surface area contributed by atoms with Gasteiger partial charge in [-0.3, -0.25) is 0 Å². The average molecular weight is 353 g/mol. The summed E-state index contributed by atoms with van der Waals surface area (Å²) in [6.45, 7) is 3.79.